The van der Waals surface area contributed by atoms with Crippen LogP contribution in [0.25, 0.3) is 0 Å². The molecule has 2 aliphatic heterocycles. The zero-order valence-electron chi connectivity index (χ0n) is 17.2. The monoisotopic (exact) mass is 501 g/mol. The van der Waals surface area contributed by atoms with Crippen LogP contribution in [0.5, 0.6) is 5.75 Å². The molecule has 0 radical (unpaired) electrons. The number of benzene rings is 2. The number of halogens is 4. The van der Waals surface area contributed by atoms with Crippen LogP contribution in [0.2, 0.25) is 10.0 Å². The molecule has 0 bridgehead atoms. The van der Waals surface area contributed by atoms with Gasteiger partial charge >= 0.3 is 0 Å². The molecule has 2 aliphatic rings. The van der Waals surface area contributed by atoms with E-state index in [4.69, 9.17) is 23.2 Å². The Morgan fingerprint density at radius 3 is 2.34 bits per heavy atom. The second kappa shape index (κ2) is 10.0. The van der Waals surface area contributed by atoms with E-state index in [1.54, 1.807) is 11.0 Å². The van der Waals surface area contributed by atoms with Gasteiger partial charge in [0.25, 0.3) is 5.91 Å². The van der Waals surface area contributed by atoms with E-state index in [9.17, 15) is 18.7 Å². The van der Waals surface area contributed by atoms with Crippen molar-refractivity contribution in [2.24, 2.45) is 0 Å². The first-order chi connectivity index (χ1) is 15.3. The Labute approximate surface area is 200 Å². The summed E-state index contributed by atoms with van der Waals surface area (Å²) in [6.07, 6.45) is 0.286. The second-order valence-electron chi connectivity index (χ2n) is 7.87. The van der Waals surface area contributed by atoms with Crippen LogP contribution >= 0.6 is 35.1 Å². The molecule has 0 unspecified atom stereocenters. The summed E-state index contributed by atoms with van der Waals surface area (Å²) in [4.78, 5) is 17.3. The summed E-state index contributed by atoms with van der Waals surface area (Å²) in [5.41, 5.74) is 0.871. The molecule has 5 nitrogen and oxygen atoms in total. The second-order valence-corrected chi connectivity index (χ2v) is 9.86. The Kier molecular flexibility index (Phi) is 7.34. The first-order valence-corrected chi connectivity index (χ1v) is 11.9. The van der Waals surface area contributed by atoms with E-state index in [0.29, 0.717) is 57.8 Å². The lowest BCUT2D eigenvalue weighted by molar-refractivity contribution is 0.0747. The number of piperidine rings is 1. The van der Waals surface area contributed by atoms with Gasteiger partial charge in [0, 0.05) is 44.2 Å². The fourth-order valence-electron chi connectivity index (χ4n) is 3.90. The van der Waals surface area contributed by atoms with Crippen LogP contribution < -0.4 is 4.90 Å². The third kappa shape index (κ3) is 5.25. The van der Waals surface area contributed by atoms with E-state index >= 15 is 0 Å². The number of carbonyl (C=O) groups is 1. The maximum atomic E-state index is 13.4. The van der Waals surface area contributed by atoms with E-state index in [2.05, 4.69) is 4.31 Å². The van der Waals surface area contributed by atoms with Crippen molar-refractivity contribution in [3.63, 3.8) is 0 Å². The van der Waals surface area contributed by atoms with Crippen molar-refractivity contribution in [2.45, 2.75) is 23.9 Å². The molecule has 4 rings (SSSR count). The summed E-state index contributed by atoms with van der Waals surface area (Å²) < 4.78 is 28.8. The zero-order valence-corrected chi connectivity index (χ0v) is 19.6. The van der Waals surface area contributed by atoms with Crippen molar-refractivity contribution in [3.8, 4) is 5.75 Å². The molecule has 1 N–H and O–H groups in total. The Bertz CT molecular complexity index is 997. The molecule has 0 spiro atoms. The smallest absolute Gasteiger partial charge is 0.255 e. The summed E-state index contributed by atoms with van der Waals surface area (Å²) in [5.74, 6) is -0.743. The molecule has 2 saturated heterocycles. The molecule has 0 aromatic heterocycles. The molecule has 10 heteroatoms. The van der Waals surface area contributed by atoms with E-state index in [1.165, 1.54) is 24.1 Å². The largest absolute Gasteiger partial charge is 0.504 e. The first-order valence-electron chi connectivity index (χ1n) is 10.4. The SMILES string of the molecule is O=C(c1ccc(F)cc1Cl)N1CCN(c2cc(SN3CCC(F)CC3)cc(Cl)c2O)CC1. The van der Waals surface area contributed by atoms with Crippen molar-refractivity contribution < 1.29 is 18.7 Å². The molecule has 2 fully saturated rings. The predicted molar refractivity (Wildman–Crippen MR) is 124 cm³/mol. The van der Waals surface area contributed by atoms with Gasteiger partial charge in [0.15, 0.2) is 5.75 Å². The quantitative estimate of drug-likeness (QED) is 0.580. The van der Waals surface area contributed by atoms with Crippen LogP contribution in [0.1, 0.15) is 23.2 Å². The molecule has 2 aromatic rings. The minimum atomic E-state index is -0.741. The lowest BCUT2D eigenvalue weighted by Crippen LogP contribution is -2.48. The lowest BCUT2D eigenvalue weighted by atomic mass is 10.1. The highest BCUT2D eigenvalue weighted by Gasteiger charge is 2.26. The Hall–Kier alpha value is -1.74. The highest BCUT2D eigenvalue weighted by molar-refractivity contribution is 7.97. The maximum absolute atomic E-state index is 13.4. The Morgan fingerprint density at radius 2 is 1.69 bits per heavy atom. The minimum Gasteiger partial charge on any atom is -0.504 e. The number of phenols is 1. The summed E-state index contributed by atoms with van der Waals surface area (Å²) in [7, 11) is 0. The Balaban J connectivity index is 1.43. The Morgan fingerprint density at radius 1 is 1.00 bits per heavy atom. The van der Waals surface area contributed by atoms with Gasteiger partial charge in [-0.2, -0.15) is 0 Å². The predicted octanol–water partition coefficient (Wildman–Crippen LogP) is 5.24. The molecule has 0 atom stereocenters. The third-order valence-corrected chi connectivity index (χ3v) is 7.37. The summed E-state index contributed by atoms with van der Waals surface area (Å²) >= 11 is 13.8. The standard InChI is InChI=1S/C22H23Cl2F2N3O2S/c23-18-11-15(26)1-2-17(18)22(31)28-9-7-27(8-10-28)20-13-16(12-19(24)21(20)30)32-29-5-3-14(25)4-6-29/h1-2,11-14,30H,3-10H2. The maximum Gasteiger partial charge on any atom is 0.255 e. The van der Waals surface area contributed by atoms with Crippen molar-refractivity contribution >= 4 is 46.7 Å². The van der Waals surface area contributed by atoms with Crippen LogP contribution in [0.3, 0.4) is 0 Å². The molecule has 1 amide bonds. The van der Waals surface area contributed by atoms with Gasteiger partial charge in [0.05, 0.1) is 21.3 Å². The van der Waals surface area contributed by atoms with Crippen molar-refractivity contribution in [1.29, 1.82) is 0 Å². The minimum absolute atomic E-state index is 0.000149. The van der Waals surface area contributed by atoms with Gasteiger partial charge in [-0.1, -0.05) is 23.2 Å². The highest BCUT2D eigenvalue weighted by Crippen LogP contribution is 2.40. The van der Waals surface area contributed by atoms with Crippen LogP contribution in [0.15, 0.2) is 35.2 Å². The van der Waals surface area contributed by atoms with Gasteiger partial charge in [-0.15, -0.1) is 0 Å². The lowest BCUT2D eigenvalue weighted by Gasteiger charge is -2.37. The number of rotatable bonds is 4. The number of hydrogen-bond donors (Lipinski definition) is 1. The molecule has 32 heavy (non-hydrogen) atoms. The summed E-state index contributed by atoms with van der Waals surface area (Å²) in [5, 5.41) is 10.9. The van der Waals surface area contributed by atoms with Crippen LogP contribution in [0.4, 0.5) is 14.5 Å². The molecule has 2 aromatic carbocycles. The zero-order chi connectivity index (χ0) is 22.8. The number of phenolic OH excluding ortho intramolecular Hbond substituents is 1. The van der Waals surface area contributed by atoms with Gasteiger partial charge in [0.2, 0.25) is 0 Å². The molecule has 172 valence electrons. The van der Waals surface area contributed by atoms with Crippen molar-refractivity contribution in [1.82, 2.24) is 9.21 Å². The van der Waals surface area contributed by atoms with E-state index in [0.717, 1.165) is 11.0 Å². The first kappa shape index (κ1) is 23.4. The summed E-state index contributed by atoms with van der Waals surface area (Å²) in [6, 6.07) is 7.33. The summed E-state index contributed by atoms with van der Waals surface area (Å²) in [6.45, 7) is 3.15. The average molecular weight is 502 g/mol. The van der Waals surface area contributed by atoms with Crippen LogP contribution in [0, 0.1) is 5.82 Å². The van der Waals surface area contributed by atoms with E-state index < -0.39 is 12.0 Å². The van der Waals surface area contributed by atoms with Gasteiger partial charge in [0.1, 0.15) is 12.0 Å². The molecular weight excluding hydrogens is 479 g/mol. The van der Waals surface area contributed by atoms with Gasteiger partial charge in [-0.3, -0.25) is 4.79 Å². The number of nitrogens with zero attached hydrogens (tertiary/aromatic N) is 3. The number of hydrogen-bond acceptors (Lipinski definition) is 5. The molecule has 0 saturated carbocycles. The topological polar surface area (TPSA) is 47.0 Å². The average Bonchev–Trinajstić information content (AvgIpc) is 2.77. The van der Waals surface area contributed by atoms with Crippen molar-refractivity contribution in [3.05, 3.63) is 51.8 Å². The van der Waals surface area contributed by atoms with Crippen molar-refractivity contribution in [2.75, 3.05) is 44.2 Å². The molecular formula is C22H23Cl2F2N3O2S. The van der Waals surface area contributed by atoms with E-state index in [-0.39, 0.29) is 27.3 Å². The number of carbonyl (C=O) groups excluding carboxylic acids is 1. The third-order valence-electron chi connectivity index (χ3n) is 5.70. The van der Waals surface area contributed by atoms with Gasteiger partial charge in [-0.25, -0.2) is 13.1 Å². The fourth-order valence-corrected chi connectivity index (χ4v) is 5.46. The van der Waals surface area contributed by atoms with E-state index in [1.807, 2.05) is 11.0 Å². The molecule has 0 aliphatic carbocycles. The van der Waals surface area contributed by atoms with Gasteiger partial charge < -0.3 is 14.9 Å². The molecule has 2 heterocycles. The number of amides is 1. The number of piperazine rings is 1. The van der Waals surface area contributed by atoms with Gasteiger partial charge in [-0.05, 0) is 55.1 Å². The highest BCUT2D eigenvalue weighted by atomic mass is 35.5. The fraction of sp³-hybridized carbons (Fsp3) is 0.409. The normalized spacial score (nSPS) is 18.2. The number of aromatic hydroxyl groups is 1. The van der Waals surface area contributed by atoms with Crippen LogP contribution in [-0.4, -0.2) is 65.7 Å². The van der Waals surface area contributed by atoms with Crippen LogP contribution in [-0.2, 0) is 0 Å². The number of alkyl halides is 1. The number of anilines is 1.